The van der Waals surface area contributed by atoms with Crippen LogP contribution in [-0.4, -0.2) is 0 Å². The highest BCUT2D eigenvalue weighted by Crippen LogP contribution is 2.38. The second kappa shape index (κ2) is 5.66. The Bertz CT molecular complexity index is 877. The Morgan fingerprint density at radius 2 is 1.52 bits per heavy atom. The zero-order valence-electron chi connectivity index (χ0n) is 11.7. The third kappa shape index (κ3) is 3.05. The maximum atomic E-state index is 12.7. The van der Waals surface area contributed by atoms with Crippen LogP contribution in [0.25, 0.3) is 10.8 Å². The van der Waals surface area contributed by atoms with E-state index in [1.165, 1.54) is 6.07 Å². The van der Waals surface area contributed by atoms with Gasteiger partial charge < -0.3 is 10.5 Å². The first-order valence-corrected chi connectivity index (χ1v) is 7.06. The van der Waals surface area contributed by atoms with E-state index < -0.39 is 11.7 Å². The molecular formula is C17H11ClF3NO. The molecule has 0 heterocycles. The van der Waals surface area contributed by atoms with Gasteiger partial charge in [0, 0.05) is 15.8 Å². The van der Waals surface area contributed by atoms with Crippen LogP contribution >= 0.6 is 11.6 Å². The molecule has 0 saturated carbocycles. The molecule has 3 aromatic rings. The lowest BCUT2D eigenvalue weighted by Gasteiger charge is -2.13. The summed E-state index contributed by atoms with van der Waals surface area (Å²) < 4.78 is 43.7. The number of anilines is 1. The molecule has 0 atom stereocenters. The van der Waals surface area contributed by atoms with Crippen LogP contribution < -0.4 is 10.5 Å². The summed E-state index contributed by atoms with van der Waals surface area (Å²) in [6.45, 7) is 0. The van der Waals surface area contributed by atoms with E-state index in [0.29, 0.717) is 10.8 Å². The molecule has 0 aromatic heterocycles. The summed E-state index contributed by atoms with van der Waals surface area (Å²) in [6, 6.07) is 13.6. The minimum absolute atomic E-state index is 0.0844. The van der Waals surface area contributed by atoms with E-state index in [4.69, 9.17) is 22.1 Å². The highest BCUT2D eigenvalue weighted by molar-refractivity contribution is 6.35. The first kappa shape index (κ1) is 15.5. The van der Waals surface area contributed by atoms with Gasteiger partial charge in [0.1, 0.15) is 11.5 Å². The minimum Gasteiger partial charge on any atom is -0.455 e. The van der Waals surface area contributed by atoms with E-state index in [2.05, 4.69) is 0 Å². The van der Waals surface area contributed by atoms with Crippen molar-refractivity contribution in [3.63, 3.8) is 0 Å². The number of halogens is 4. The molecule has 118 valence electrons. The molecule has 0 spiro atoms. The van der Waals surface area contributed by atoms with Crippen molar-refractivity contribution in [2.45, 2.75) is 6.18 Å². The summed E-state index contributed by atoms with van der Waals surface area (Å²) in [6.07, 6.45) is -4.44. The molecule has 2 nitrogen and oxygen atoms in total. The molecule has 3 rings (SSSR count). The van der Waals surface area contributed by atoms with Crippen LogP contribution in [0.15, 0.2) is 54.6 Å². The molecule has 0 bridgehead atoms. The molecule has 0 amide bonds. The van der Waals surface area contributed by atoms with Gasteiger partial charge in [-0.05, 0) is 30.3 Å². The van der Waals surface area contributed by atoms with Gasteiger partial charge in [-0.3, -0.25) is 0 Å². The quantitative estimate of drug-likeness (QED) is 0.592. The third-order valence-corrected chi connectivity index (χ3v) is 3.72. The van der Waals surface area contributed by atoms with E-state index in [9.17, 15) is 13.2 Å². The van der Waals surface area contributed by atoms with E-state index in [-0.39, 0.29) is 11.4 Å². The molecule has 0 radical (unpaired) electrons. The molecule has 23 heavy (non-hydrogen) atoms. The summed E-state index contributed by atoms with van der Waals surface area (Å²) in [4.78, 5) is 0. The summed E-state index contributed by atoms with van der Waals surface area (Å²) >= 11 is 6.13. The van der Waals surface area contributed by atoms with E-state index in [1.807, 2.05) is 24.3 Å². The summed E-state index contributed by atoms with van der Waals surface area (Å²) in [5.74, 6) is 0.627. The van der Waals surface area contributed by atoms with Crippen LogP contribution in [0.5, 0.6) is 11.5 Å². The van der Waals surface area contributed by atoms with E-state index >= 15 is 0 Å². The number of benzene rings is 3. The average molecular weight is 338 g/mol. The number of nitrogens with two attached hydrogens (primary N) is 1. The third-order valence-electron chi connectivity index (χ3n) is 3.39. The number of fused-ring (bicyclic) bond motifs is 1. The van der Waals surface area contributed by atoms with Crippen molar-refractivity contribution in [2.75, 3.05) is 5.73 Å². The van der Waals surface area contributed by atoms with Crippen molar-refractivity contribution < 1.29 is 17.9 Å². The van der Waals surface area contributed by atoms with Gasteiger partial charge in [-0.25, -0.2) is 0 Å². The smallest absolute Gasteiger partial charge is 0.416 e. The van der Waals surface area contributed by atoms with Crippen LogP contribution in [0.3, 0.4) is 0 Å². The van der Waals surface area contributed by atoms with Crippen LogP contribution in [0, 0.1) is 0 Å². The Morgan fingerprint density at radius 3 is 2.17 bits per heavy atom. The van der Waals surface area contributed by atoms with Crippen LogP contribution in [0.2, 0.25) is 5.02 Å². The van der Waals surface area contributed by atoms with Crippen molar-refractivity contribution in [3.05, 3.63) is 65.2 Å². The average Bonchev–Trinajstić information content (AvgIpc) is 2.51. The molecule has 0 saturated heterocycles. The molecule has 3 aromatic carbocycles. The van der Waals surface area contributed by atoms with Crippen LogP contribution in [0.1, 0.15) is 5.56 Å². The summed E-state index contributed by atoms with van der Waals surface area (Å²) in [5.41, 5.74) is 4.79. The predicted molar refractivity (Wildman–Crippen MR) is 84.9 cm³/mol. The normalized spacial score (nSPS) is 11.7. The summed E-state index contributed by atoms with van der Waals surface area (Å²) in [7, 11) is 0. The topological polar surface area (TPSA) is 35.2 Å². The largest absolute Gasteiger partial charge is 0.455 e. The van der Waals surface area contributed by atoms with Gasteiger partial charge in [-0.15, -0.1) is 0 Å². The lowest BCUT2D eigenvalue weighted by atomic mass is 10.1. The van der Waals surface area contributed by atoms with E-state index in [1.54, 1.807) is 12.1 Å². The number of alkyl halides is 3. The van der Waals surface area contributed by atoms with Crippen molar-refractivity contribution in [1.29, 1.82) is 0 Å². The highest BCUT2D eigenvalue weighted by atomic mass is 35.5. The standard InChI is InChI=1S/C17H11ClF3NO/c18-13-6-8-15(12-4-2-1-3-11(12)13)23-16-7-5-10(9-14(16)22)17(19,20)21/h1-9H,22H2. The molecule has 0 aliphatic carbocycles. The highest BCUT2D eigenvalue weighted by Gasteiger charge is 2.31. The molecule has 0 aliphatic rings. The molecule has 2 N–H and O–H groups in total. The lowest BCUT2D eigenvalue weighted by Crippen LogP contribution is -2.06. The first-order valence-electron chi connectivity index (χ1n) is 6.68. The monoisotopic (exact) mass is 337 g/mol. The fraction of sp³-hybridized carbons (Fsp3) is 0.0588. The van der Waals surface area contributed by atoms with Gasteiger partial charge in [-0.1, -0.05) is 35.9 Å². The Morgan fingerprint density at radius 1 is 0.870 bits per heavy atom. The second-order valence-corrected chi connectivity index (χ2v) is 5.35. The van der Waals surface area contributed by atoms with Crippen molar-refractivity contribution in [3.8, 4) is 11.5 Å². The Balaban J connectivity index is 2.02. The van der Waals surface area contributed by atoms with Crippen molar-refractivity contribution >= 4 is 28.1 Å². The summed E-state index contributed by atoms with van der Waals surface area (Å²) in [5, 5.41) is 2.10. The van der Waals surface area contributed by atoms with Crippen molar-refractivity contribution in [2.24, 2.45) is 0 Å². The maximum Gasteiger partial charge on any atom is 0.416 e. The maximum absolute atomic E-state index is 12.7. The Labute approximate surface area is 135 Å². The Hall–Kier alpha value is -2.40. The van der Waals surface area contributed by atoms with Crippen molar-refractivity contribution in [1.82, 2.24) is 0 Å². The first-order chi connectivity index (χ1) is 10.9. The zero-order chi connectivity index (χ0) is 16.6. The molecule has 0 aliphatic heterocycles. The predicted octanol–water partition coefficient (Wildman–Crippen LogP) is 5.89. The molecule has 0 unspecified atom stereocenters. The van der Waals surface area contributed by atoms with Gasteiger partial charge in [0.05, 0.1) is 11.3 Å². The number of hydrogen-bond donors (Lipinski definition) is 1. The molecule has 6 heteroatoms. The fourth-order valence-electron chi connectivity index (χ4n) is 2.26. The van der Waals surface area contributed by atoms with Crippen LogP contribution in [0.4, 0.5) is 18.9 Å². The Kier molecular flexibility index (Phi) is 3.82. The lowest BCUT2D eigenvalue weighted by molar-refractivity contribution is -0.137. The van der Waals surface area contributed by atoms with Gasteiger partial charge in [0.15, 0.2) is 0 Å². The van der Waals surface area contributed by atoms with E-state index in [0.717, 1.165) is 22.9 Å². The SMILES string of the molecule is Nc1cc(C(F)(F)F)ccc1Oc1ccc(Cl)c2ccccc12. The zero-order valence-corrected chi connectivity index (χ0v) is 12.4. The fourth-order valence-corrected chi connectivity index (χ4v) is 2.49. The number of nitrogen functional groups attached to an aromatic ring is 1. The van der Waals surface area contributed by atoms with Gasteiger partial charge in [-0.2, -0.15) is 13.2 Å². The minimum atomic E-state index is -4.44. The second-order valence-electron chi connectivity index (χ2n) is 4.94. The number of hydrogen-bond acceptors (Lipinski definition) is 2. The number of rotatable bonds is 2. The molecule has 0 fully saturated rings. The van der Waals surface area contributed by atoms with Gasteiger partial charge >= 0.3 is 6.18 Å². The van der Waals surface area contributed by atoms with Gasteiger partial charge in [0.25, 0.3) is 0 Å². The molecular weight excluding hydrogens is 327 g/mol. The van der Waals surface area contributed by atoms with Gasteiger partial charge in [0.2, 0.25) is 0 Å². The number of ether oxygens (including phenoxy) is 1. The van der Waals surface area contributed by atoms with Crippen LogP contribution in [-0.2, 0) is 6.18 Å².